The third-order valence-electron chi connectivity index (χ3n) is 3.63. The molecule has 1 unspecified atom stereocenters. The van der Waals surface area contributed by atoms with Crippen LogP contribution in [-0.4, -0.2) is 30.6 Å². The SMILES string of the molecule is CC(C)(C)OC(=O)NC(C=O)CNc1ccc(F)cc1Nc1cccc(C#N)c1. The van der Waals surface area contributed by atoms with Crippen molar-refractivity contribution in [2.24, 2.45) is 0 Å². The van der Waals surface area contributed by atoms with Gasteiger partial charge in [-0.15, -0.1) is 0 Å². The summed E-state index contributed by atoms with van der Waals surface area (Å²) in [5.41, 5.74) is 1.32. The molecule has 2 rings (SSSR count). The van der Waals surface area contributed by atoms with Gasteiger partial charge in [-0.2, -0.15) is 5.26 Å². The van der Waals surface area contributed by atoms with Crippen molar-refractivity contribution in [3.8, 4) is 6.07 Å². The largest absolute Gasteiger partial charge is 0.444 e. The van der Waals surface area contributed by atoms with Crippen LogP contribution in [-0.2, 0) is 9.53 Å². The summed E-state index contributed by atoms with van der Waals surface area (Å²) in [5.74, 6) is -0.451. The van der Waals surface area contributed by atoms with E-state index in [0.717, 1.165) is 0 Å². The Hall–Kier alpha value is -3.60. The molecule has 2 aromatic carbocycles. The van der Waals surface area contributed by atoms with Crippen LogP contribution in [0.25, 0.3) is 0 Å². The lowest BCUT2D eigenvalue weighted by molar-refractivity contribution is -0.109. The maximum Gasteiger partial charge on any atom is 0.408 e. The topological polar surface area (TPSA) is 103 Å². The zero-order chi connectivity index (χ0) is 21.4. The number of nitrogens with one attached hydrogen (secondary N) is 3. The molecular formula is C21H23FN4O3. The van der Waals surface area contributed by atoms with Crippen molar-refractivity contribution in [2.45, 2.75) is 32.4 Å². The van der Waals surface area contributed by atoms with E-state index in [1.165, 1.54) is 18.2 Å². The van der Waals surface area contributed by atoms with Gasteiger partial charge >= 0.3 is 6.09 Å². The van der Waals surface area contributed by atoms with E-state index in [1.54, 1.807) is 45.0 Å². The summed E-state index contributed by atoms with van der Waals surface area (Å²) in [5, 5.41) is 17.5. The van der Waals surface area contributed by atoms with Gasteiger partial charge in [-0.05, 0) is 57.2 Å². The van der Waals surface area contributed by atoms with E-state index in [2.05, 4.69) is 16.0 Å². The van der Waals surface area contributed by atoms with Crippen molar-refractivity contribution in [3.05, 3.63) is 53.8 Å². The van der Waals surface area contributed by atoms with Crippen LogP contribution < -0.4 is 16.0 Å². The van der Waals surface area contributed by atoms with Crippen LogP contribution in [0.4, 0.5) is 26.2 Å². The molecule has 0 aliphatic rings. The monoisotopic (exact) mass is 398 g/mol. The number of aldehydes is 1. The second-order valence-corrected chi connectivity index (χ2v) is 7.28. The average Bonchev–Trinajstić information content (AvgIpc) is 2.65. The van der Waals surface area contributed by atoms with Crippen molar-refractivity contribution in [1.82, 2.24) is 5.32 Å². The molecule has 0 aromatic heterocycles. The summed E-state index contributed by atoms with van der Waals surface area (Å²) in [6.07, 6.45) is -0.119. The molecule has 8 heteroatoms. The molecule has 1 atom stereocenters. The second-order valence-electron chi connectivity index (χ2n) is 7.28. The Bertz CT molecular complexity index is 919. The number of ether oxygens (including phenoxy) is 1. The molecule has 0 heterocycles. The number of hydrogen-bond acceptors (Lipinski definition) is 6. The number of halogens is 1. The molecule has 152 valence electrons. The van der Waals surface area contributed by atoms with E-state index in [0.29, 0.717) is 28.9 Å². The molecule has 3 N–H and O–H groups in total. The third-order valence-corrected chi connectivity index (χ3v) is 3.63. The summed E-state index contributed by atoms with van der Waals surface area (Å²) < 4.78 is 18.9. The van der Waals surface area contributed by atoms with Gasteiger partial charge in [0.1, 0.15) is 23.7 Å². The second kappa shape index (κ2) is 9.55. The number of carbonyl (C=O) groups excluding carboxylic acids is 2. The van der Waals surface area contributed by atoms with E-state index in [4.69, 9.17) is 10.00 Å². The molecule has 0 aliphatic carbocycles. The fourth-order valence-electron chi connectivity index (χ4n) is 2.41. The van der Waals surface area contributed by atoms with Crippen molar-refractivity contribution in [1.29, 1.82) is 5.26 Å². The average molecular weight is 398 g/mol. The fraction of sp³-hybridized carbons (Fsp3) is 0.286. The highest BCUT2D eigenvalue weighted by Gasteiger charge is 2.19. The van der Waals surface area contributed by atoms with Gasteiger partial charge in [-0.1, -0.05) is 6.07 Å². The number of amides is 1. The van der Waals surface area contributed by atoms with Crippen molar-refractivity contribution >= 4 is 29.4 Å². The quantitative estimate of drug-likeness (QED) is 0.611. The molecule has 0 aliphatic heterocycles. The van der Waals surface area contributed by atoms with Gasteiger partial charge in [0.05, 0.1) is 23.0 Å². The standard InChI is InChI=1S/C21H23FN4O3/c1-21(2,3)29-20(28)26-17(13-27)12-24-18-8-7-15(22)10-19(18)25-16-6-4-5-14(9-16)11-23/h4-10,13,17,24-25H,12H2,1-3H3,(H,26,28). The van der Waals surface area contributed by atoms with Crippen LogP contribution >= 0.6 is 0 Å². The summed E-state index contributed by atoms with van der Waals surface area (Å²) in [4.78, 5) is 23.2. The first kappa shape index (κ1) is 21.7. The first-order valence-electron chi connectivity index (χ1n) is 8.95. The van der Waals surface area contributed by atoms with Gasteiger partial charge in [0, 0.05) is 12.2 Å². The Morgan fingerprint density at radius 1 is 1.24 bits per heavy atom. The normalized spacial score (nSPS) is 11.7. The van der Waals surface area contributed by atoms with Crippen LogP contribution in [0.2, 0.25) is 0 Å². The Balaban J connectivity index is 2.09. The number of carbonyl (C=O) groups is 2. The highest BCUT2D eigenvalue weighted by atomic mass is 19.1. The molecule has 0 radical (unpaired) electrons. The predicted octanol–water partition coefficient (Wildman–Crippen LogP) is 3.95. The van der Waals surface area contributed by atoms with Gasteiger partial charge in [-0.25, -0.2) is 9.18 Å². The van der Waals surface area contributed by atoms with Crippen LogP contribution in [0.1, 0.15) is 26.3 Å². The molecule has 0 fully saturated rings. The summed E-state index contributed by atoms with van der Waals surface area (Å²) in [6, 6.07) is 12.0. The Morgan fingerprint density at radius 2 is 2.00 bits per heavy atom. The molecule has 29 heavy (non-hydrogen) atoms. The summed E-state index contributed by atoms with van der Waals surface area (Å²) in [7, 11) is 0. The number of rotatable bonds is 7. The Labute approximate surface area is 168 Å². The van der Waals surface area contributed by atoms with Crippen LogP contribution in [0.3, 0.4) is 0 Å². The highest BCUT2D eigenvalue weighted by Crippen LogP contribution is 2.27. The lowest BCUT2D eigenvalue weighted by Gasteiger charge is -2.22. The lowest BCUT2D eigenvalue weighted by Crippen LogP contribution is -2.43. The van der Waals surface area contributed by atoms with Crippen molar-refractivity contribution < 1.29 is 18.7 Å². The van der Waals surface area contributed by atoms with E-state index in [-0.39, 0.29) is 6.54 Å². The zero-order valence-corrected chi connectivity index (χ0v) is 16.5. The van der Waals surface area contributed by atoms with Gasteiger partial charge in [-0.3, -0.25) is 0 Å². The maximum atomic E-state index is 13.7. The smallest absolute Gasteiger partial charge is 0.408 e. The Kier molecular flexibility index (Phi) is 7.15. The number of nitrogens with zero attached hydrogens (tertiary/aromatic N) is 1. The highest BCUT2D eigenvalue weighted by molar-refractivity contribution is 5.77. The first-order valence-corrected chi connectivity index (χ1v) is 8.95. The lowest BCUT2D eigenvalue weighted by atomic mass is 10.2. The maximum absolute atomic E-state index is 13.7. The zero-order valence-electron chi connectivity index (χ0n) is 16.5. The van der Waals surface area contributed by atoms with E-state index >= 15 is 0 Å². The minimum atomic E-state index is -0.843. The first-order chi connectivity index (χ1) is 13.7. The predicted molar refractivity (Wildman–Crippen MR) is 109 cm³/mol. The molecule has 0 spiro atoms. The number of hydrogen-bond donors (Lipinski definition) is 3. The van der Waals surface area contributed by atoms with E-state index in [1.807, 2.05) is 6.07 Å². The molecule has 1 amide bonds. The van der Waals surface area contributed by atoms with Gasteiger partial charge in [0.25, 0.3) is 0 Å². The van der Waals surface area contributed by atoms with E-state index < -0.39 is 23.6 Å². The number of nitriles is 1. The van der Waals surface area contributed by atoms with Crippen LogP contribution in [0.5, 0.6) is 0 Å². The van der Waals surface area contributed by atoms with E-state index in [9.17, 15) is 14.0 Å². The molecular weight excluding hydrogens is 375 g/mol. The van der Waals surface area contributed by atoms with Gasteiger partial charge in [0.15, 0.2) is 0 Å². The van der Waals surface area contributed by atoms with Gasteiger partial charge < -0.3 is 25.5 Å². The van der Waals surface area contributed by atoms with Gasteiger partial charge in [0.2, 0.25) is 0 Å². The van der Waals surface area contributed by atoms with Crippen molar-refractivity contribution in [2.75, 3.05) is 17.2 Å². The van der Waals surface area contributed by atoms with Crippen LogP contribution in [0, 0.1) is 17.1 Å². The van der Waals surface area contributed by atoms with Crippen molar-refractivity contribution in [3.63, 3.8) is 0 Å². The molecule has 2 aromatic rings. The molecule has 0 saturated heterocycles. The van der Waals surface area contributed by atoms with Crippen LogP contribution in [0.15, 0.2) is 42.5 Å². The third kappa shape index (κ3) is 7.14. The number of alkyl carbamates (subject to hydrolysis) is 1. The minimum Gasteiger partial charge on any atom is -0.444 e. The number of benzene rings is 2. The Morgan fingerprint density at radius 3 is 2.66 bits per heavy atom. The fourth-order valence-corrected chi connectivity index (χ4v) is 2.41. The summed E-state index contributed by atoms with van der Waals surface area (Å²) in [6.45, 7) is 5.23. The number of anilines is 3. The molecule has 0 saturated carbocycles. The minimum absolute atomic E-state index is 0.0707. The summed E-state index contributed by atoms with van der Waals surface area (Å²) >= 11 is 0. The molecule has 7 nitrogen and oxygen atoms in total. The molecule has 0 bridgehead atoms.